The molecule has 0 aliphatic rings. The van der Waals surface area contributed by atoms with Gasteiger partial charge in [0.15, 0.2) is 5.78 Å². The molecule has 192 valence electrons. The van der Waals surface area contributed by atoms with Gasteiger partial charge in [0.2, 0.25) is 5.91 Å². The number of anilines is 1. The van der Waals surface area contributed by atoms with Crippen LogP contribution in [0.3, 0.4) is 0 Å². The lowest BCUT2D eigenvalue weighted by Crippen LogP contribution is -2.51. The van der Waals surface area contributed by atoms with Crippen molar-refractivity contribution in [3.8, 4) is 0 Å². The highest BCUT2D eigenvalue weighted by atomic mass is 35.5. The average Bonchev–Trinajstić information content (AvgIpc) is 2.88. The second kappa shape index (κ2) is 14.0. The molecular formula is C30H32ClN3O3. The van der Waals surface area contributed by atoms with E-state index in [1.807, 2.05) is 67.6 Å². The van der Waals surface area contributed by atoms with Gasteiger partial charge >= 0.3 is 6.03 Å². The summed E-state index contributed by atoms with van der Waals surface area (Å²) in [6.45, 7) is 3.31. The van der Waals surface area contributed by atoms with E-state index >= 15 is 0 Å². The molecule has 37 heavy (non-hydrogen) atoms. The quantitative estimate of drug-likeness (QED) is 0.287. The number of carbonyl (C=O) groups is 3. The van der Waals surface area contributed by atoms with Gasteiger partial charge in [0.25, 0.3) is 0 Å². The van der Waals surface area contributed by atoms with E-state index in [1.165, 1.54) is 13.0 Å². The maximum absolute atomic E-state index is 13.4. The molecule has 3 aromatic rings. The van der Waals surface area contributed by atoms with Crippen molar-refractivity contribution in [2.24, 2.45) is 0 Å². The largest absolute Gasteiger partial charge is 0.348 e. The van der Waals surface area contributed by atoms with Crippen molar-refractivity contribution in [3.63, 3.8) is 0 Å². The average molecular weight is 518 g/mol. The summed E-state index contributed by atoms with van der Waals surface area (Å²) in [4.78, 5) is 37.9. The highest BCUT2D eigenvalue weighted by molar-refractivity contribution is 6.30. The molecule has 3 aromatic carbocycles. The van der Waals surface area contributed by atoms with Gasteiger partial charge in [0.05, 0.1) is 0 Å². The van der Waals surface area contributed by atoms with Crippen molar-refractivity contribution in [2.75, 3.05) is 5.32 Å². The number of halogens is 1. The lowest BCUT2D eigenvalue weighted by Gasteiger charge is -2.23. The number of hydrogen-bond acceptors (Lipinski definition) is 3. The second-order valence-corrected chi connectivity index (χ2v) is 9.35. The molecular weight excluding hydrogens is 486 g/mol. The van der Waals surface area contributed by atoms with Gasteiger partial charge in [0, 0.05) is 23.2 Å². The third-order valence-corrected chi connectivity index (χ3v) is 6.05. The van der Waals surface area contributed by atoms with E-state index in [0.717, 1.165) is 23.1 Å². The fourth-order valence-corrected chi connectivity index (χ4v) is 4.09. The minimum Gasteiger partial charge on any atom is -0.348 e. The van der Waals surface area contributed by atoms with Gasteiger partial charge in [-0.1, -0.05) is 78.3 Å². The smallest absolute Gasteiger partial charge is 0.319 e. The Morgan fingerprint density at radius 2 is 1.54 bits per heavy atom. The third-order valence-electron chi connectivity index (χ3n) is 5.82. The Kier molecular flexibility index (Phi) is 10.5. The first-order valence-electron chi connectivity index (χ1n) is 12.2. The normalized spacial score (nSPS) is 12.5. The Morgan fingerprint density at radius 1 is 0.892 bits per heavy atom. The molecule has 0 aromatic heterocycles. The van der Waals surface area contributed by atoms with E-state index in [1.54, 1.807) is 24.3 Å². The summed E-state index contributed by atoms with van der Waals surface area (Å²) < 4.78 is 0. The lowest BCUT2D eigenvalue weighted by molar-refractivity contribution is -0.123. The molecule has 0 bridgehead atoms. The maximum Gasteiger partial charge on any atom is 0.319 e. The molecule has 3 rings (SSSR count). The van der Waals surface area contributed by atoms with Gasteiger partial charge in [-0.3, -0.25) is 9.59 Å². The van der Waals surface area contributed by atoms with E-state index in [9.17, 15) is 14.4 Å². The predicted octanol–water partition coefficient (Wildman–Crippen LogP) is 5.64. The number of benzene rings is 3. The Balaban J connectivity index is 1.74. The van der Waals surface area contributed by atoms with Crippen LogP contribution in [0.15, 0.2) is 91.0 Å². The van der Waals surface area contributed by atoms with Crippen LogP contribution in [-0.2, 0) is 22.4 Å². The summed E-state index contributed by atoms with van der Waals surface area (Å²) in [6.07, 6.45) is 4.81. The molecule has 7 heteroatoms. The van der Waals surface area contributed by atoms with Crippen LogP contribution in [-0.4, -0.2) is 29.8 Å². The number of hydrogen-bond donors (Lipinski definition) is 3. The van der Waals surface area contributed by atoms with Crippen LogP contribution >= 0.6 is 11.6 Å². The summed E-state index contributed by atoms with van der Waals surface area (Å²) >= 11 is 6.02. The molecule has 0 heterocycles. The van der Waals surface area contributed by atoms with Crippen molar-refractivity contribution < 1.29 is 14.4 Å². The Bertz CT molecular complexity index is 1230. The number of rotatable bonds is 11. The molecule has 3 amide bonds. The molecule has 0 saturated carbocycles. The van der Waals surface area contributed by atoms with Crippen molar-refractivity contribution in [1.82, 2.24) is 10.6 Å². The van der Waals surface area contributed by atoms with E-state index in [0.29, 0.717) is 23.6 Å². The van der Waals surface area contributed by atoms with Gasteiger partial charge in [-0.15, -0.1) is 0 Å². The van der Waals surface area contributed by atoms with Gasteiger partial charge in [-0.2, -0.15) is 0 Å². The van der Waals surface area contributed by atoms with Crippen LogP contribution in [0.5, 0.6) is 0 Å². The Labute approximate surface area is 223 Å². The van der Waals surface area contributed by atoms with Crippen molar-refractivity contribution >= 4 is 35.0 Å². The topological polar surface area (TPSA) is 87.3 Å². The number of carbonyl (C=O) groups excluding carboxylic acids is 3. The number of ketones is 1. The van der Waals surface area contributed by atoms with Gasteiger partial charge in [0.1, 0.15) is 6.04 Å². The van der Waals surface area contributed by atoms with Crippen molar-refractivity contribution in [2.45, 2.75) is 45.2 Å². The molecule has 0 unspecified atom stereocenters. The van der Waals surface area contributed by atoms with Crippen molar-refractivity contribution in [1.29, 1.82) is 0 Å². The number of allylic oxidation sites excluding steroid dienone is 1. The zero-order valence-corrected chi connectivity index (χ0v) is 21.8. The van der Waals surface area contributed by atoms with E-state index in [4.69, 9.17) is 11.6 Å². The van der Waals surface area contributed by atoms with Crippen molar-refractivity contribution in [3.05, 3.63) is 113 Å². The molecule has 0 fully saturated rings. The molecule has 0 aliphatic heterocycles. The SMILES string of the molecule is CC(=O)/C=C/[C@H](CCc1ccccc1)NC(=O)[C@H](Cc1ccccc1)NC(=O)Nc1ccc(Cl)cc1C. The highest BCUT2D eigenvalue weighted by Gasteiger charge is 2.23. The molecule has 3 N–H and O–H groups in total. The molecule has 2 atom stereocenters. The third kappa shape index (κ3) is 9.58. The van der Waals surface area contributed by atoms with Gasteiger partial charge in [-0.25, -0.2) is 4.79 Å². The molecule has 0 aliphatic carbocycles. The fourth-order valence-electron chi connectivity index (χ4n) is 3.86. The zero-order chi connectivity index (χ0) is 26.6. The standard InChI is InChI=1S/C30H32ClN3O3/c1-21-19-25(31)15-18-27(21)33-30(37)34-28(20-24-11-7-4-8-12-24)29(36)32-26(16-13-22(2)35)17-14-23-9-5-3-6-10-23/h3-13,15-16,18-19,26,28H,14,17,20H2,1-2H3,(H,32,36)(H2,33,34,37)/b16-13+/t26-,28+/m1/s1. The zero-order valence-electron chi connectivity index (χ0n) is 21.0. The first kappa shape index (κ1) is 27.7. The lowest BCUT2D eigenvalue weighted by atomic mass is 10.0. The predicted molar refractivity (Wildman–Crippen MR) is 149 cm³/mol. The second-order valence-electron chi connectivity index (χ2n) is 8.91. The summed E-state index contributed by atoms with van der Waals surface area (Å²) in [5, 5.41) is 9.20. The number of amides is 3. The van der Waals surface area contributed by atoms with Crippen LogP contribution in [0.1, 0.15) is 30.0 Å². The molecule has 0 saturated heterocycles. The molecule has 0 spiro atoms. The molecule has 6 nitrogen and oxygen atoms in total. The Morgan fingerprint density at radius 3 is 2.16 bits per heavy atom. The van der Waals surface area contributed by atoms with Gasteiger partial charge in [-0.05, 0) is 67.7 Å². The van der Waals surface area contributed by atoms with Crippen LogP contribution in [0.2, 0.25) is 5.02 Å². The van der Waals surface area contributed by atoms with Crippen LogP contribution in [0.25, 0.3) is 0 Å². The van der Waals surface area contributed by atoms with Crippen LogP contribution in [0, 0.1) is 6.92 Å². The fraction of sp³-hybridized carbons (Fsp3) is 0.233. The van der Waals surface area contributed by atoms with E-state index < -0.39 is 12.1 Å². The number of nitrogens with one attached hydrogen (secondary N) is 3. The Hall–Kier alpha value is -3.90. The van der Waals surface area contributed by atoms with E-state index in [-0.39, 0.29) is 17.7 Å². The first-order chi connectivity index (χ1) is 17.8. The summed E-state index contributed by atoms with van der Waals surface area (Å²) in [7, 11) is 0. The molecule has 0 radical (unpaired) electrons. The van der Waals surface area contributed by atoms with Gasteiger partial charge < -0.3 is 16.0 Å². The minimum atomic E-state index is -0.833. The van der Waals surface area contributed by atoms with Crippen LogP contribution < -0.4 is 16.0 Å². The van der Waals surface area contributed by atoms with E-state index in [2.05, 4.69) is 16.0 Å². The highest BCUT2D eigenvalue weighted by Crippen LogP contribution is 2.19. The summed E-state index contributed by atoms with van der Waals surface area (Å²) in [5.41, 5.74) is 3.45. The maximum atomic E-state index is 13.4. The number of urea groups is 1. The van der Waals surface area contributed by atoms with Crippen LogP contribution in [0.4, 0.5) is 10.5 Å². The summed E-state index contributed by atoms with van der Waals surface area (Å²) in [6, 6.07) is 22.9. The number of aryl methyl sites for hydroxylation is 2. The first-order valence-corrected chi connectivity index (χ1v) is 12.6. The minimum absolute atomic E-state index is 0.101. The monoisotopic (exact) mass is 517 g/mol. The summed E-state index contributed by atoms with van der Waals surface area (Å²) in [5.74, 6) is -0.436.